The Balaban J connectivity index is 2.14. The zero-order valence-electron chi connectivity index (χ0n) is 11.4. The molecule has 0 saturated heterocycles. The van der Waals surface area contributed by atoms with Crippen LogP contribution in [0.3, 0.4) is 0 Å². The van der Waals surface area contributed by atoms with E-state index in [0.717, 1.165) is 10.9 Å². The Morgan fingerprint density at radius 2 is 2.10 bits per heavy atom. The van der Waals surface area contributed by atoms with Crippen molar-refractivity contribution in [1.82, 2.24) is 15.5 Å². The minimum atomic E-state index is -1.24. The maximum absolute atomic E-state index is 12.0. The first kappa shape index (κ1) is 14.0. The summed E-state index contributed by atoms with van der Waals surface area (Å²) < 4.78 is 0. The van der Waals surface area contributed by atoms with E-state index in [4.69, 9.17) is 5.11 Å². The third-order valence-electron chi connectivity index (χ3n) is 3.47. The third kappa shape index (κ3) is 2.64. The molecule has 1 heterocycles. The summed E-state index contributed by atoms with van der Waals surface area (Å²) in [7, 11) is 0. The molecule has 20 heavy (non-hydrogen) atoms. The van der Waals surface area contributed by atoms with Gasteiger partial charge in [-0.05, 0) is 19.4 Å². The zero-order chi connectivity index (χ0) is 14.8. The highest BCUT2D eigenvalue weighted by Gasteiger charge is 2.32. The van der Waals surface area contributed by atoms with E-state index >= 15 is 0 Å². The maximum atomic E-state index is 12.0. The molecule has 0 bridgehead atoms. The molecule has 0 radical (unpaired) electrons. The molecule has 6 heteroatoms. The van der Waals surface area contributed by atoms with Crippen LogP contribution >= 0.6 is 0 Å². The van der Waals surface area contributed by atoms with Crippen LogP contribution in [0.25, 0.3) is 10.9 Å². The van der Waals surface area contributed by atoms with Gasteiger partial charge in [0, 0.05) is 5.39 Å². The summed E-state index contributed by atoms with van der Waals surface area (Å²) in [5, 5.41) is 19.5. The van der Waals surface area contributed by atoms with Gasteiger partial charge in [-0.1, -0.05) is 25.1 Å². The van der Waals surface area contributed by atoms with E-state index in [1.165, 1.54) is 6.92 Å². The lowest BCUT2D eigenvalue weighted by Gasteiger charge is -2.24. The van der Waals surface area contributed by atoms with Gasteiger partial charge in [0.05, 0.1) is 17.6 Å². The number of hydrogen-bond acceptors (Lipinski definition) is 3. The Hall–Kier alpha value is -2.37. The van der Waals surface area contributed by atoms with Crippen LogP contribution in [0.1, 0.15) is 26.0 Å². The number of amides is 1. The summed E-state index contributed by atoms with van der Waals surface area (Å²) >= 11 is 0. The molecule has 1 atom stereocenters. The molecule has 0 aliphatic rings. The van der Waals surface area contributed by atoms with Gasteiger partial charge in [-0.2, -0.15) is 5.10 Å². The van der Waals surface area contributed by atoms with Crippen molar-refractivity contribution in [1.29, 1.82) is 0 Å². The molecule has 1 amide bonds. The number of fused-ring (bicyclic) bond motifs is 1. The Morgan fingerprint density at radius 1 is 1.40 bits per heavy atom. The SMILES string of the molecule is CCC(C)(NC(=O)Cc1[nH]nc2ccccc12)C(=O)O. The van der Waals surface area contributed by atoms with Gasteiger partial charge in [0.15, 0.2) is 0 Å². The monoisotopic (exact) mass is 275 g/mol. The van der Waals surface area contributed by atoms with E-state index in [1.54, 1.807) is 6.92 Å². The fourth-order valence-electron chi connectivity index (χ4n) is 1.95. The number of carboxylic acids is 1. The molecule has 2 rings (SSSR count). The van der Waals surface area contributed by atoms with Crippen molar-refractivity contribution in [2.24, 2.45) is 0 Å². The smallest absolute Gasteiger partial charge is 0.329 e. The number of H-pyrrole nitrogens is 1. The summed E-state index contributed by atoms with van der Waals surface area (Å²) in [6.45, 7) is 3.22. The van der Waals surface area contributed by atoms with Crippen LogP contribution in [0.5, 0.6) is 0 Å². The first-order valence-electron chi connectivity index (χ1n) is 6.42. The standard InChI is InChI=1S/C14H17N3O3/c1-3-14(2,13(19)20)15-12(18)8-11-9-6-4-5-7-10(9)16-17-11/h4-7H,3,8H2,1-2H3,(H,15,18)(H,16,17)(H,19,20). The van der Waals surface area contributed by atoms with Crippen molar-refractivity contribution in [3.05, 3.63) is 30.0 Å². The lowest BCUT2D eigenvalue weighted by Crippen LogP contribution is -2.52. The van der Waals surface area contributed by atoms with Gasteiger partial charge in [0.1, 0.15) is 5.54 Å². The highest BCUT2D eigenvalue weighted by molar-refractivity contribution is 5.90. The molecule has 0 fully saturated rings. The molecule has 1 aromatic heterocycles. The second-order valence-corrected chi connectivity index (χ2v) is 4.94. The largest absolute Gasteiger partial charge is 0.480 e. The summed E-state index contributed by atoms with van der Waals surface area (Å²) in [5.74, 6) is -1.38. The molecule has 0 aliphatic heterocycles. The first-order valence-corrected chi connectivity index (χ1v) is 6.42. The number of aliphatic carboxylic acids is 1. The third-order valence-corrected chi connectivity index (χ3v) is 3.47. The minimum absolute atomic E-state index is 0.0728. The van der Waals surface area contributed by atoms with Gasteiger partial charge in [-0.15, -0.1) is 0 Å². The zero-order valence-corrected chi connectivity index (χ0v) is 11.4. The van der Waals surface area contributed by atoms with Gasteiger partial charge >= 0.3 is 5.97 Å². The molecule has 6 nitrogen and oxygen atoms in total. The number of aromatic amines is 1. The number of hydrogen-bond donors (Lipinski definition) is 3. The predicted molar refractivity (Wildman–Crippen MR) is 74.3 cm³/mol. The number of carboxylic acid groups (broad SMARTS) is 1. The second-order valence-electron chi connectivity index (χ2n) is 4.94. The normalized spacial score (nSPS) is 13.9. The molecule has 1 aromatic carbocycles. The van der Waals surface area contributed by atoms with Crippen molar-refractivity contribution in [3.63, 3.8) is 0 Å². The number of nitrogens with one attached hydrogen (secondary N) is 2. The Kier molecular flexibility index (Phi) is 3.74. The van der Waals surface area contributed by atoms with E-state index in [0.29, 0.717) is 12.1 Å². The van der Waals surface area contributed by atoms with Crippen LogP contribution in [0.2, 0.25) is 0 Å². The lowest BCUT2D eigenvalue weighted by molar-refractivity contribution is -0.146. The first-order chi connectivity index (χ1) is 9.46. The van der Waals surface area contributed by atoms with Crippen LogP contribution < -0.4 is 5.32 Å². The van der Waals surface area contributed by atoms with Gasteiger partial charge in [-0.3, -0.25) is 9.89 Å². The summed E-state index contributed by atoms with van der Waals surface area (Å²) in [5.41, 5.74) is 0.223. The van der Waals surface area contributed by atoms with Crippen molar-refractivity contribution in [2.75, 3.05) is 0 Å². The Bertz CT molecular complexity index is 650. The van der Waals surface area contributed by atoms with Gasteiger partial charge in [-0.25, -0.2) is 4.79 Å². The van der Waals surface area contributed by atoms with Crippen molar-refractivity contribution < 1.29 is 14.7 Å². The number of rotatable bonds is 5. The average molecular weight is 275 g/mol. The number of nitrogens with zero attached hydrogens (tertiary/aromatic N) is 1. The van der Waals surface area contributed by atoms with Gasteiger partial charge in [0.2, 0.25) is 5.91 Å². The van der Waals surface area contributed by atoms with Crippen molar-refractivity contribution in [2.45, 2.75) is 32.2 Å². The molecule has 0 saturated carbocycles. The fraction of sp³-hybridized carbons (Fsp3) is 0.357. The molecule has 0 spiro atoms. The fourth-order valence-corrected chi connectivity index (χ4v) is 1.95. The van der Waals surface area contributed by atoms with E-state index in [-0.39, 0.29) is 12.3 Å². The van der Waals surface area contributed by atoms with Crippen LogP contribution in [0, 0.1) is 0 Å². The predicted octanol–water partition coefficient (Wildman–Crippen LogP) is 1.47. The number of aromatic nitrogens is 2. The van der Waals surface area contributed by atoms with Crippen LogP contribution in [0.15, 0.2) is 24.3 Å². The number of carbonyl (C=O) groups is 2. The topological polar surface area (TPSA) is 95.1 Å². The van der Waals surface area contributed by atoms with Crippen molar-refractivity contribution >= 4 is 22.8 Å². The van der Waals surface area contributed by atoms with Gasteiger partial charge in [0.25, 0.3) is 0 Å². The average Bonchev–Trinajstić information content (AvgIpc) is 2.82. The summed E-state index contributed by atoms with van der Waals surface area (Å²) in [6.07, 6.45) is 0.390. The summed E-state index contributed by atoms with van der Waals surface area (Å²) in [6, 6.07) is 7.45. The lowest BCUT2D eigenvalue weighted by atomic mass is 9.99. The van der Waals surface area contributed by atoms with Crippen LogP contribution in [0.4, 0.5) is 0 Å². The maximum Gasteiger partial charge on any atom is 0.329 e. The van der Waals surface area contributed by atoms with E-state index < -0.39 is 11.5 Å². The number of benzene rings is 1. The molecule has 2 aromatic rings. The highest BCUT2D eigenvalue weighted by Crippen LogP contribution is 2.16. The molecular weight excluding hydrogens is 258 g/mol. The van der Waals surface area contributed by atoms with E-state index in [2.05, 4.69) is 15.5 Å². The molecule has 106 valence electrons. The molecular formula is C14H17N3O3. The van der Waals surface area contributed by atoms with Crippen molar-refractivity contribution in [3.8, 4) is 0 Å². The minimum Gasteiger partial charge on any atom is -0.480 e. The molecule has 3 N–H and O–H groups in total. The molecule has 0 aliphatic carbocycles. The second kappa shape index (κ2) is 5.32. The number of para-hydroxylation sites is 1. The van der Waals surface area contributed by atoms with Gasteiger partial charge < -0.3 is 10.4 Å². The van der Waals surface area contributed by atoms with E-state index in [9.17, 15) is 9.59 Å². The van der Waals surface area contributed by atoms with E-state index in [1.807, 2.05) is 24.3 Å². The molecule has 1 unspecified atom stereocenters. The highest BCUT2D eigenvalue weighted by atomic mass is 16.4. The summed E-state index contributed by atoms with van der Waals surface area (Å²) in [4.78, 5) is 23.2. The number of carbonyl (C=O) groups excluding carboxylic acids is 1. The Labute approximate surface area is 116 Å². The van der Waals surface area contributed by atoms with Crippen LogP contribution in [-0.2, 0) is 16.0 Å². The Morgan fingerprint density at radius 3 is 2.75 bits per heavy atom. The quantitative estimate of drug-likeness (QED) is 0.770. The van der Waals surface area contributed by atoms with Crippen LogP contribution in [-0.4, -0.2) is 32.7 Å².